The van der Waals surface area contributed by atoms with Crippen molar-refractivity contribution in [2.24, 2.45) is 5.73 Å². The number of aromatic nitrogens is 4. The van der Waals surface area contributed by atoms with Crippen LogP contribution in [-0.2, 0) is 13.0 Å². The average Bonchev–Trinajstić information content (AvgIpc) is 2.91. The molecule has 0 spiro atoms. The summed E-state index contributed by atoms with van der Waals surface area (Å²) in [5.74, 6) is 2.68. The number of nitrogens with two attached hydrogens (primary N) is 2. The van der Waals surface area contributed by atoms with Crippen LogP contribution in [0.4, 0.5) is 11.8 Å². The number of hydrogen-bond donors (Lipinski definition) is 2. The van der Waals surface area contributed by atoms with Crippen molar-refractivity contribution >= 4 is 11.8 Å². The van der Waals surface area contributed by atoms with Gasteiger partial charge in [-0.2, -0.15) is 9.97 Å². The van der Waals surface area contributed by atoms with Gasteiger partial charge in [0.05, 0.1) is 12.2 Å². The monoisotopic (exact) mass is 303 g/mol. The van der Waals surface area contributed by atoms with E-state index in [1.165, 1.54) is 0 Å². The van der Waals surface area contributed by atoms with Crippen molar-refractivity contribution in [1.82, 2.24) is 20.1 Å². The second-order valence-corrected chi connectivity index (χ2v) is 5.75. The smallest absolute Gasteiger partial charge is 0.226 e. The summed E-state index contributed by atoms with van der Waals surface area (Å²) in [5, 5.41) is 3.95. The Balaban J connectivity index is 1.75. The van der Waals surface area contributed by atoms with Crippen LogP contribution in [0.2, 0.25) is 0 Å². The number of rotatable bonds is 5. The Labute approximate surface area is 128 Å². The minimum atomic E-state index is 0.272. The molecule has 0 saturated heterocycles. The Bertz CT molecular complexity index is 650. The van der Waals surface area contributed by atoms with Gasteiger partial charge in [-0.1, -0.05) is 12.1 Å². The van der Waals surface area contributed by atoms with Crippen LogP contribution in [0.25, 0.3) is 0 Å². The molecule has 0 aromatic carbocycles. The van der Waals surface area contributed by atoms with Crippen molar-refractivity contribution in [2.75, 3.05) is 17.7 Å². The molecule has 4 N–H and O–H groups in total. The van der Waals surface area contributed by atoms with Crippen molar-refractivity contribution in [3.63, 3.8) is 0 Å². The molecule has 2 aromatic rings. The second kappa shape index (κ2) is 5.88. The number of aryl methyl sites for hydroxylation is 1. The molecule has 3 rings (SSSR count). The number of anilines is 2. The van der Waals surface area contributed by atoms with E-state index in [1.54, 1.807) is 0 Å². The van der Waals surface area contributed by atoms with E-state index in [2.05, 4.69) is 20.1 Å². The third-order valence-corrected chi connectivity index (χ3v) is 3.92. The maximum atomic E-state index is 5.85. The Morgan fingerprint density at radius 2 is 2.09 bits per heavy atom. The van der Waals surface area contributed by atoms with Crippen LogP contribution in [0, 0.1) is 0 Å². The van der Waals surface area contributed by atoms with E-state index < -0.39 is 0 Å². The van der Waals surface area contributed by atoms with E-state index in [1.807, 2.05) is 24.9 Å². The highest BCUT2D eigenvalue weighted by atomic mass is 16.5. The molecule has 0 aliphatic heterocycles. The number of hydrogen-bond acceptors (Lipinski definition) is 8. The summed E-state index contributed by atoms with van der Waals surface area (Å²) in [5.41, 5.74) is 12.6. The molecule has 1 aliphatic carbocycles. The molecule has 0 radical (unpaired) electrons. The van der Waals surface area contributed by atoms with Crippen LogP contribution >= 0.6 is 0 Å². The van der Waals surface area contributed by atoms with Crippen molar-refractivity contribution in [1.29, 1.82) is 0 Å². The zero-order valence-electron chi connectivity index (χ0n) is 12.9. The summed E-state index contributed by atoms with van der Waals surface area (Å²) >= 11 is 0. The van der Waals surface area contributed by atoms with E-state index in [4.69, 9.17) is 16.0 Å². The fourth-order valence-electron chi connectivity index (χ4n) is 2.57. The van der Waals surface area contributed by atoms with Gasteiger partial charge in [0.15, 0.2) is 5.82 Å². The van der Waals surface area contributed by atoms with Crippen LogP contribution in [0.15, 0.2) is 10.6 Å². The topological polar surface area (TPSA) is 120 Å². The Hall–Kier alpha value is -2.22. The molecule has 8 nitrogen and oxygen atoms in total. The first kappa shape index (κ1) is 14.7. The first-order valence-electron chi connectivity index (χ1n) is 7.47. The van der Waals surface area contributed by atoms with Crippen LogP contribution in [0.5, 0.6) is 0 Å². The highest BCUT2D eigenvalue weighted by Gasteiger charge is 2.29. The zero-order chi connectivity index (χ0) is 15.7. The second-order valence-electron chi connectivity index (χ2n) is 5.75. The molecular weight excluding hydrogens is 282 g/mol. The van der Waals surface area contributed by atoms with E-state index in [-0.39, 0.29) is 12.0 Å². The number of nitrogen functional groups attached to an aromatic ring is 1. The molecule has 1 saturated carbocycles. The molecule has 8 heteroatoms. The van der Waals surface area contributed by atoms with Gasteiger partial charge in [0.25, 0.3) is 0 Å². The molecule has 0 amide bonds. The van der Waals surface area contributed by atoms with E-state index in [0.717, 1.165) is 30.8 Å². The SMILES string of the molecule is CCc1nc(CN(C)c2cc(C3CC(N)C3)nc(N)n2)no1. The Morgan fingerprint density at radius 1 is 1.32 bits per heavy atom. The minimum Gasteiger partial charge on any atom is -0.368 e. The third kappa shape index (κ3) is 3.01. The third-order valence-electron chi connectivity index (χ3n) is 3.92. The largest absolute Gasteiger partial charge is 0.368 e. The fraction of sp³-hybridized carbons (Fsp3) is 0.571. The molecule has 0 atom stereocenters. The highest BCUT2D eigenvalue weighted by molar-refractivity contribution is 5.44. The predicted octanol–water partition coefficient (Wildman–Crippen LogP) is 0.845. The maximum Gasteiger partial charge on any atom is 0.226 e. The average molecular weight is 303 g/mol. The van der Waals surface area contributed by atoms with Gasteiger partial charge in [0.1, 0.15) is 5.82 Å². The van der Waals surface area contributed by atoms with Gasteiger partial charge in [-0.15, -0.1) is 0 Å². The van der Waals surface area contributed by atoms with Gasteiger partial charge in [-0.05, 0) is 12.8 Å². The van der Waals surface area contributed by atoms with Crippen LogP contribution in [0.1, 0.15) is 43.1 Å². The molecule has 1 fully saturated rings. The summed E-state index contributed by atoms with van der Waals surface area (Å²) in [7, 11) is 1.92. The van der Waals surface area contributed by atoms with Crippen molar-refractivity contribution < 1.29 is 4.52 Å². The molecule has 2 aromatic heterocycles. The first-order valence-corrected chi connectivity index (χ1v) is 7.47. The van der Waals surface area contributed by atoms with Gasteiger partial charge in [0.2, 0.25) is 11.8 Å². The molecule has 1 aliphatic rings. The van der Waals surface area contributed by atoms with Gasteiger partial charge >= 0.3 is 0 Å². The predicted molar refractivity (Wildman–Crippen MR) is 82.2 cm³/mol. The van der Waals surface area contributed by atoms with Crippen molar-refractivity contribution in [3.05, 3.63) is 23.5 Å². The maximum absolute atomic E-state index is 5.85. The fourth-order valence-corrected chi connectivity index (χ4v) is 2.57. The molecular formula is C14H21N7O. The lowest BCUT2D eigenvalue weighted by atomic mass is 9.78. The zero-order valence-corrected chi connectivity index (χ0v) is 12.9. The van der Waals surface area contributed by atoms with Gasteiger partial charge in [-0.3, -0.25) is 0 Å². The van der Waals surface area contributed by atoms with Crippen LogP contribution in [-0.4, -0.2) is 33.2 Å². The molecule has 2 heterocycles. The van der Waals surface area contributed by atoms with Crippen molar-refractivity contribution in [2.45, 2.75) is 44.7 Å². The lowest BCUT2D eigenvalue weighted by molar-refractivity contribution is 0.345. The van der Waals surface area contributed by atoms with E-state index in [9.17, 15) is 0 Å². The summed E-state index contributed by atoms with van der Waals surface area (Å²) in [6, 6.07) is 2.24. The van der Waals surface area contributed by atoms with Gasteiger partial charge < -0.3 is 20.9 Å². The minimum absolute atomic E-state index is 0.272. The molecule has 22 heavy (non-hydrogen) atoms. The summed E-state index contributed by atoms with van der Waals surface area (Å²) in [6.07, 6.45) is 2.62. The van der Waals surface area contributed by atoms with Gasteiger partial charge in [-0.25, -0.2) is 4.98 Å². The standard InChI is InChI=1S/C14H21N7O/c1-3-13-18-11(20-22-13)7-21(2)12-6-10(17-14(16)19-12)8-4-9(15)5-8/h6,8-9H,3-5,7,15H2,1-2H3,(H2,16,17,19). The van der Waals surface area contributed by atoms with Crippen LogP contribution < -0.4 is 16.4 Å². The van der Waals surface area contributed by atoms with Gasteiger partial charge in [0, 0.05) is 31.5 Å². The summed E-state index contributed by atoms with van der Waals surface area (Å²) in [6.45, 7) is 2.48. The van der Waals surface area contributed by atoms with Crippen molar-refractivity contribution in [3.8, 4) is 0 Å². The lowest BCUT2D eigenvalue weighted by Gasteiger charge is -2.32. The normalized spacial score (nSPS) is 20.7. The molecule has 0 unspecified atom stereocenters. The van der Waals surface area contributed by atoms with E-state index >= 15 is 0 Å². The summed E-state index contributed by atoms with van der Waals surface area (Å²) < 4.78 is 5.12. The Morgan fingerprint density at radius 3 is 2.73 bits per heavy atom. The summed E-state index contributed by atoms with van der Waals surface area (Å²) in [4.78, 5) is 14.9. The quantitative estimate of drug-likeness (QED) is 0.834. The lowest BCUT2D eigenvalue weighted by Crippen LogP contribution is -2.35. The van der Waals surface area contributed by atoms with E-state index in [0.29, 0.717) is 24.2 Å². The molecule has 0 bridgehead atoms. The molecule has 118 valence electrons. The highest BCUT2D eigenvalue weighted by Crippen LogP contribution is 2.35. The number of nitrogens with zero attached hydrogens (tertiary/aromatic N) is 5. The first-order chi connectivity index (χ1) is 10.5. The Kier molecular flexibility index (Phi) is 3.93. The van der Waals surface area contributed by atoms with Crippen LogP contribution in [0.3, 0.4) is 0 Å².